The fourth-order valence-electron chi connectivity index (χ4n) is 9.16. The molecule has 3 rings (SSSR count). The number of aliphatic hydroxyl groups is 11. The number of hydrogen-bond donors (Lipinski definition) is 12. The molecule has 0 radical (unpaired) electrons. The summed E-state index contributed by atoms with van der Waals surface area (Å²) in [5, 5.41) is 120. The van der Waals surface area contributed by atoms with Crippen LogP contribution in [-0.4, -0.2) is 193 Å². The number of rotatable bonds is 39. The van der Waals surface area contributed by atoms with E-state index in [4.69, 9.17) is 28.4 Å². The van der Waals surface area contributed by atoms with Gasteiger partial charge in [-0.15, -0.1) is 0 Å². The molecule has 0 aromatic rings. The van der Waals surface area contributed by atoms with Crippen LogP contribution in [0.3, 0.4) is 0 Å². The zero-order valence-electron chi connectivity index (χ0n) is 44.8. The van der Waals surface area contributed by atoms with Crippen molar-refractivity contribution in [1.82, 2.24) is 5.32 Å². The predicted molar refractivity (Wildman–Crippen MR) is 282 cm³/mol. The molecule has 0 aromatic heterocycles. The van der Waals surface area contributed by atoms with Gasteiger partial charge in [0.2, 0.25) is 5.91 Å². The maximum atomic E-state index is 13.2. The highest BCUT2D eigenvalue weighted by molar-refractivity contribution is 5.76. The minimum Gasteiger partial charge on any atom is -0.394 e. The van der Waals surface area contributed by atoms with E-state index in [-0.39, 0.29) is 18.9 Å². The molecule has 19 heteroatoms. The van der Waals surface area contributed by atoms with Crippen LogP contribution in [-0.2, 0) is 33.2 Å². The molecule has 434 valence electrons. The number of nitrogens with one attached hydrogen (secondary N) is 1. The van der Waals surface area contributed by atoms with E-state index in [0.29, 0.717) is 12.8 Å². The van der Waals surface area contributed by atoms with Crippen LogP contribution < -0.4 is 5.32 Å². The number of carbonyl (C=O) groups is 1. The van der Waals surface area contributed by atoms with Crippen LogP contribution >= 0.6 is 0 Å². The Labute approximate surface area is 445 Å². The maximum absolute atomic E-state index is 13.2. The van der Waals surface area contributed by atoms with Crippen LogP contribution in [0, 0.1) is 0 Å². The molecular formula is C56H97NO18. The monoisotopic (exact) mass is 1070 g/mol. The van der Waals surface area contributed by atoms with Crippen molar-refractivity contribution in [3.63, 3.8) is 0 Å². The molecule has 17 atom stereocenters. The number of amides is 1. The van der Waals surface area contributed by atoms with E-state index in [2.05, 4.69) is 67.8 Å². The van der Waals surface area contributed by atoms with Crippen LogP contribution in [0.1, 0.15) is 155 Å². The number of carbonyl (C=O) groups excluding carboxylic acids is 1. The van der Waals surface area contributed by atoms with Gasteiger partial charge >= 0.3 is 0 Å². The first-order chi connectivity index (χ1) is 36.3. The second-order valence-electron chi connectivity index (χ2n) is 20.0. The van der Waals surface area contributed by atoms with Crippen molar-refractivity contribution < 1.29 is 89.4 Å². The van der Waals surface area contributed by atoms with Gasteiger partial charge in [0.25, 0.3) is 0 Å². The maximum Gasteiger partial charge on any atom is 0.220 e. The van der Waals surface area contributed by atoms with Gasteiger partial charge in [-0.25, -0.2) is 0 Å². The Hall–Kier alpha value is -2.51. The summed E-state index contributed by atoms with van der Waals surface area (Å²) in [5.41, 5.74) is 0. The van der Waals surface area contributed by atoms with E-state index < -0.39 is 124 Å². The third kappa shape index (κ3) is 24.6. The van der Waals surface area contributed by atoms with E-state index in [9.17, 15) is 61.0 Å². The van der Waals surface area contributed by atoms with Crippen molar-refractivity contribution in [3.05, 3.63) is 60.8 Å². The van der Waals surface area contributed by atoms with Gasteiger partial charge in [0.1, 0.15) is 73.2 Å². The first-order valence-corrected chi connectivity index (χ1v) is 28.0. The molecule has 0 aromatic carbocycles. The number of ether oxygens (including phenoxy) is 6. The lowest BCUT2D eigenvalue weighted by atomic mass is 9.96. The summed E-state index contributed by atoms with van der Waals surface area (Å²) in [4.78, 5) is 13.2. The highest BCUT2D eigenvalue weighted by Gasteiger charge is 2.53. The number of hydrogen-bond acceptors (Lipinski definition) is 18. The van der Waals surface area contributed by atoms with Gasteiger partial charge in [-0.05, 0) is 64.2 Å². The highest BCUT2D eigenvalue weighted by Crippen LogP contribution is 2.33. The Morgan fingerprint density at radius 3 is 1.49 bits per heavy atom. The van der Waals surface area contributed by atoms with Crippen molar-refractivity contribution in [2.75, 3.05) is 26.4 Å². The van der Waals surface area contributed by atoms with Crippen LogP contribution in [0.4, 0.5) is 0 Å². The SMILES string of the molecule is CC/C=C\C/C=C\C/C=C\CCCCCC(=O)NC(COC1OC(CO)C(OC2OC(CO)C(OC3OC(CO)C(O)C(O)C3O)C(O)C2O)C(O)C1O)C(O)/C=C/CC/C=C/CCCCCCCCCCCCC. The Bertz CT molecular complexity index is 1610. The normalized spacial score (nSPS) is 31.7. The smallest absolute Gasteiger partial charge is 0.220 e. The third-order valence-corrected chi connectivity index (χ3v) is 13.8. The van der Waals surface area contributed by atoms with Crippen molar-refractivity contribution >= 4 is 5.91 Å². The van der Waals surface area contributed by atoms with E-state index in [0.717, 1.165) is 57.8 Å². The van der Waals surface area contributed by atoms with E-state index in [1.165, 1.54) is 64.2 Å². The van der Waals surface area contributed by atoms with Crippen molar-refractivity contribution in [1.29, 1.82) is 0 Å². The van der Waals surface area contributed by atoms with Crippen LogP contribution in [0.5, 0.6) is 0 Å². The molecule has 0 saturated carbocycles. The van der Waals surface area contributed by atoms with E-state index in [1.807, 2.05) is 6.08 Å². The molecule has 19 nitrogen and oxygen atoms in total. The standard InChI is InChI=1S/C56H97NO18/c1-3-5-7-9-11-13-15-17-18-19-20-22-23-25-27-29-31-33-40(61)39(57-44(62)34-32-30-28-26-24-21-16-14-12-10-8-6-4-2)38-70-54-50(68)47(65)52(42(36-59)72-54)75-56-51(69)48(66)53(43(37-60)73-56)74-55-49(67)46(64)45(63)41(35-58)71-55/h6,8,12,14,21,23-25,31,33,39-43,45-56,58-61,63-69H,3-5,7,9-11,13,15-20,22,26-30,32,34-38H2,1-2H3,(H,57,62)/b8-6-,14-12-,24-21-,25-23+,33-31+. The molecule has 3 saturated heterocycles. The zero-order valence-corrected chi connectivity index (χ0v) is 44.8. The Morgan fingerprint density at radius 1 is 0.493 bits per heavy atom. The molecular weight excluding hydrogens is 975 g/mol. The van der Waals surface area contributed by atoms with Crippen LogP contribution in [0.15, 0.2) is 60.8 Å². The fourth-order valence-corrected chi connectivity index (χ4v) is 9.16. The summed E-state index contributed by atoms with van der Waals surface area (Å²) < 4.78 is 34.1. The lowest BCUT2D eigenvalue weighted by Crippen LogP contribution is -2.66. The molecule has 0 aliphatic carbocycles. The summed E-state index contributed by atoms with van der Waals surface area (Å²) >= 11 is 0. The van der Waals surface area contributed by atoms with Gasteiger partial charge in [-0.1, -0.05) is 145 Å². The van der Waals surface area contributed by atoms with E-state index in [1.54, 1.807) is 6.08 Å². The quantitative estimate of drug-likeness (QED) is 0.0309. The second kappa shape index (κ2) is 39.8. The molecule has 0 bridgehead atoms. The number of unbranched alkanes of at least 4 members (excludes halogenated alkanes) is 15. The van der Waals surface area contributed by atoms with Gasteiger partial charge in [0.05, 0.1) is 38.6 Å². The molecule has 3 aliphatic rings. The third-order valence-electron chi connectivity index (χ3n) is 13.8. The van der Waals surface area contributed by atoms with Crippen LogP contribution in [0.25, 0.3) is 0 Å². The molecule has 3 fully saturated rings. The summed E-state index contributed by atoms with van der Waals surface area (Å²) in [6.45, 7) is 1.53. The number of aliphatic hydroxyl groups excluding tert-OH is 11. The molecule has 1 amide bonds. The van der Waals surface area contributed by atoms with Gasteiger partial charge < -0.3 is 89.9 Å². The highest BCUT2D eigenvalue weighted by atomic mass is 16.8. The second-order valence-corrected chi connectivity index (χ2v) is 20.0. The lowest BCUT2D eigenvalue weighted by molar-refractivity contribution is -0.379. The summed E-state index contributed by atoms with van der Waals surface area (Å²) in [7, 11) is 0. The first kappa shape index (κ1) is 66.8. The van der Waals surface area contributed by atoms with Crippen LogP contribution in [0.2, 0.25) is 0 Å². The molecule has 3 aliphatic heterocycles. The van der Waals surface area contributed by atoms with Gasteiger partial charge in [-0.2, -0.15) is 0 Å². The average Bonchev–Trinajstić information content (AvgIpc) is 3.41. The first-order valence-electron chi connectivity index (χ1n) is 28.0. The predicted octanol–water partition coefficient (Wildman–Crippen LogP) is 3.70. The fraction of sp³-hybridized carbons (Fsp3) is 0.804. The minimum absolute atomic E-state index is 0.197. The average molecular weight is 1070 g/mol. The van der Waals surface area contributed by atoms with Gasteiger partial charge in [0.15, 0.2) is 18.9 Å². The number of allylic oxidation sites excluding steroid dienone is 9. The Kier molecular flexibility index (Phi) is 35.4. The largest absolute Gasteiger partial charge is 0.394 e. The van der Waals surface area contributed by atoms with Crippen molar-refractivity contribution in [2.45, 2.75) is 259 Å². The summed E-state index contributed by atoms with van der Waals surface area (Å²) in [6.07, 6.45) is 16.5. The van der Waals surface area contributed by atoms with Crippen molar-refractivity contribution in [2.24, 2.45) is 0 Å². The molecule has 0 spiro atoms. The van der Waals surface area contributed by atoms with Crippen molar-refractivity contribution in [3.8, 4) is 0 Å². The van der Waals surface area contributed by atoms with E-state index >= 15 is 0 Å². The lowest BCUT2D eigenvalue weighted by Gasteiger charge is -2.48. The molecule has 75 heavy (non-hydrogen) atoms. The van der Waals surface area contributed by atoms with Gasteiger partial charge in [-0.3, -0.25) is 4.79 Å². The molecule has 3 heterocycles. The topological polar surface area (TPSA) is 307 Å². The zero-order chi connectivity index (χ0) is 54.8. The summed E-state index contributed by atoms with van der Waals surface area (Å²) in [5.74, 6) is -0.318. The van der Waals surface area contributed by atoms with Gasteiger partial charge in [0, 0.05) is 6.42 Å². The molecule has 12 N–H and O–H groups in total. The Morgan fingerprint density at radius 2 is 0.933 bits per heavy atom. The Balaban J connectivity index is 1.56. The molecule has 17 unspecified atom stereocenters. The summed E-state index contributed by atoms with van der Waals surface area (Å²) in [6, 6.07) is -1.01. The minimum atomic E-state index is -1.98.